The van der Waals surface area contributed by atoms with E-state index in [0.29, 0.717) is 13.2 Å². The summed E-state index contributed by atoms with van der Waals surface area (Å²) in [5.41, 5.74) is 0. The molecule has 2 rings (SSSR count). The lowest BCUT2D eigenvalue weighted by molar-refractivity contribution is -0.125. The highest BCUT2D eigenvalue weighted by atomic mass is 79.9. The van der Waals surface area contributed by atoms with Gasteiger partial charge in [0.15, 0.2) is 0 Å². The number of carbonyl (C=O) groups excluding carboxylic acids is 1. The minimum Gasteiger partial charge on any atom is -0.492 e. The van der Waals surface area contributed by atoms with E-state index in [4.69, 9.17) is 4.74 Å². The SMILES string of the molecule is CN(CCOc1ccccc1)C(=O)/C=C/c1ccc(Br)s1. The van der Waals surface area contributed by atoms with Crippen molar-refractivity contribution in [2.24, 2.45) is 0 Å². The van der Waals surface area contributed by atoms with Gasteiger partial charge in [0.05, 0.1) is 10.3 Å². The Labute approximate surface area is 137 Å². The quantitative estimate of drug-likeness (QED) is 0.722. The van der Waals surface area contributed by atoms with Crippen molar-refractivity contribution < 1.29 is 9.53 Å². The molecule has 1 amide bonds. The van der Waals surface area contributed by atoms with Crippen LogP contribution in [0.4, 0.5) is 0 Å². The molecular formula is C16H16BrNO2S. The van der Waals surface area contributed by atoms with Gasteiger partial charge in [-0.3, -0.25) is 4.79 Å². The lowest BCUT2D eigenvalue weighted by Crippen LogP contribution is -2.29. The first-order valence-electron chi connectivity index (χ1n) is 6.51. The van der Waals surface area contributed by atoms with Crippen LogP contribution in [0.15, 0.2) is 52.3 Å². The predicted molar refractivity (Wildman–Crippen MR) is 90.6 cm³/mol. The summed E-state index contributed by atoms with van der Waals surface area (Å²) in [4.78, 5) is 14.6. The van der Waals surface area contributed by atoms with Gasteiger partial charge < -0.3 is 9.64 Å². The molecule has 0 spiro atoms. The van der Waals surface area contributed by atoms with Gasteiger partial charge in [0.1, 0.15) is 12.4 Å². The molecule has 0 aliphatic rings. The summed E-state index contributed by atoms with van der Waals surface area (Å²) in [5, 5.41) is 0. The van der Waals surface area contributed by atoms with Crippen LogP contribution in [0.3, 0.4) is 0 Å². The Morgan fingerprint density at radius 1 is 1.29 bits per heavy atom. The molecule has 0 atom stereocenters. The standard InChI is InChI=1S/C16H16BrNO2S/c1-18(11-12-20-13-5-3-2-4-6-13)16(19)10-8-14-7-9-15(17)21-14/h2-10H,11-12H2,1H3/b10-8+. The van der Waals surface area contributed by atoms with Gasteiger partial charge in [0.25, 0.3) is 0 Å². The van der Waals surface area contributed by atoms with Crippen LogP contribution in [-0.4, -0.2) is 31.0 Å². The molecule has 1 aromatic heterocycles. The zero-order valence-corrected chi connectivity index (χ0v) is 14.1. The fourth-order valence-corrected chi connectivity index (χ4v) is 2.95. The molecule has 110 valence electrons. The molecular weight excluding hydrogens is 350 g/mol. The molecule has 0 saturated heterocycles. The van der Waals surface area contributed by atoms with Crippen molar-refractivity contribution in [2.75, 3.05) is 20.2 Å². The van der Waals surface area contributed by atoms with E-state index in [9.17, 15) is 4.79 Å². The van der Waals surface area contributed by atoms with Crippen LogP contribution in [0.2, 0.25) is 0 Å². The third-order valence-electron chi connectivity index (χ3n) is 2.80. The summed E-state index contributed by atoms with van der Waals surface area (Å²) in [6.07, 6.45) is 3.41. The summed E-state index contributed by atoms with van der Waals surface area (Å²) in [5.74, 6) is 0.786. The largest absolute Gasteiger partial charge is 0.492 e. The number of para-hydroxylation sites is 1. The molecule has 0 radical (unpaired) electrons. The maximum Gasteiger partial charge on any atom is 0.246 e. The molecule has 0 fully saturated rings. The minimum absolute atomic E-state index is 0.0313. The van der Waals surface area contributed by atoms with Crippen LogP contribution in [0, 0.1) is 0 Å². The number of nitrogens with zero attached hydrogens (tertiary/aromatic N) is 1. The van der Waals surface area contributed by atoms with E-state index < -0.39 is 0 Å². The fourth-order valence-electron chi connectivity index (χ4n) is 1.63. The highest BCUT2D eigenvalue weighted by molar-refractivity contribution is 9.11. The first kappa shape index (κ1) is 15.8. The molecule has 21 heavy (non-hydrogen) atoms. The monoisotopic (exact) mass is 365 g/mol. The number of hydrogen-bond donors (Lipinski definition) is 0. The molecule has 5 heteroatoms. The molecule has 0 N–H and O–H groups in total. The molecule has 3 nitrogen and oxygen atoms in total. The summed E-state index contributed by atoms with van der Waals surface area (Å²) < 4.78 is 6.63. The molecule has 0 bridgehead atoms. The van der Waals surface area contributed by atoms with Gasteiger partial charge in [0.2, 0.25) is 5.91 Å². The van der Waals surface area contributed by atoms with Crippen molar-refractivity contribution in [1.82, 2.24) is 4.90 Å². The van der Waals surface area contributed by atoms with Crippen LogP contribution in [0.25, 0.3) is 6.08 Å². The number of benzene rings is 1. The lowest BCUT2D eigenvalue weighted by Gasteiger charge is -2.15. The number of rotatable bonds is 6. The highest BCUT2D eigenvalue weighted by Gasteiger charge is 2.05. The second-order valence-corrected chi connectivity index (χ2v) is 6.89. The molecule has 0 aliphatic carbocycles. The summed E-state index contributed by atoms with van der Waals surface area (Å²) in [6.45, 7) is 1.02. The number of hydrogen-bond acceptors (Lipinski definition) is 3. The normalized spacial score (nSPS) is 10.8. The van der Waals surface area contributed by atoms with Gasteiger partial charge in [-0.15, -0.1) is 11.3 Å². The summed E-state index contributed by atoms with van der Waals surface area (Å²) in [7, 11) is 1.77. The second kappa shape index (κ2) is 8.00. The van der Waals surface area contributed by atoms with Crippen LogP contribution < -0.4 is 4.74 Å². The Bertz CT molecular complexity index is 610. The first-order valence-corrected chi connectivity index (χ1v) is 8.12. The summed E-state index contributed by atoms with van der Waals surface area (Å²) in [6, 6.07) is 13.5. The van der Waals surface area contributed by atoms with E-state index >= 15 is 0 Å². The molecule has 0 aliphatic heterocycles. The van der Waals surface area contributed by atoms with Gasteiger partial charge in [-0.05, 0) is 46.3 Å². The number of amides is 1. The molecule has 2 aromatic rings. The van der Waals surface area contributed by atoms with Crippen molar-refractivity contribution in [2.45, 2.75) is 0 Å². The number of ether oxygens (including phenoxy) is 1. The van der Waals surface area contributed by atoms with Crippen molar-refractivity contribution >= 4 is 39.2 Å². The van der Waals surface area contributed by atoms with Gasteiger partial charge in [0, 0.05) is 18.0 Å². The van der Waals surface area contributed by atoms with Crippen molar-refractivity contribution in [3.05, 3.63) is 57.2 Å². The topological polar surface area (TPSA) is 29.5 Å². The lowest BCUT2D eigenvalue weighted by atomic mass is 10.3. The zero-order valence-electron chi connectivity index (χ0n) is 11.7. The van der Waals surface area contributed by atoms with Crippen LogP contribution in [0.5, 0.6) is 5.75 Å². The van der Waals surface area contributed by atoms with Crippen LogP contribution in [-0.2, 0) is 4.79 Å². The molecule has 1 aromatic carbocycles. The average Bonchev–Trinajstić information content (AvgIpc) is 2.91. The molecule has 0 unspecified atom stereocenters. The minimum atomic E-state index is -0.0313. The smallest absolute Gasteiger partial charge is 0.246 e. The number of carbonyl (C=O) groups is 1. The zero-order chi connectivity index (χ0) is 15.1. The van der Waals surface area contributed by atoms with E-state index in [1.165, 1.54) is 0 Å². The third kappa shape index (κ3) is 5.36. The average molecular weight is 366 g/mol. The third-order valence-corrected chi connectivity index (χ3v) is 4.39. The highest BCUT2D eigenvalue weighted by Crippen LogP contribution is 2.22. The van der Waals surface area contributed by atoms with E-state index in [-0.39, 0.29) is 5.91 Å². The Hall–Kier alpha value is -1.59. The Kier molecular flexibility index (Phi) is 6.02. The van der Waals surface area contributed by atoms with Gasteiger partial charge in [-0.2, -0.15) is 0 Å². The van der Waals surface area contributed by atoms with Gasteiger partial charge in [-0.1, -0.05) is 18.2 Å². The van der Waals surface area contributed by atoms with E-state index in [0.717, 1.165) is 14.4 Å². The Morgan fingerprint density at radius 3 is 2.71 bits per heavy atom. The number of thiophene rings is 1. The van der Waals surface area contributed by atoms with E-state index in [2.05, 4.69) is 15.9 Å². The van der Waals surface area contributed by atoms with Crippen LogP contribution in [0.1, 0.15) is 4.88 Å². The number of likely N-dealkylation sites (N-methyl/N-ethyl adjacent to an activating group) is 1. The maximum absolute atomic E-state index is 11.9. The fraction of sp³-hybridized carbons (Fsp3) is 0.188. The predicted octanol–water partition coefficient (Wildman–Crippen LogP) is 4.06. The molecule has 0 saturated carbocycles. The van der Waals surface area contributed by atoms with E-state index in [1.807, 2.05) is 48.5 Å². The van der Waals surface area contributed by atoms with Crippen molar-refractivity contribution in [3.63, 3.8) is 0 Å². The van der Waals surface area contributed by atoms with Crippen molar-refractivity contribution in [3.8, 4) is 5.75 Å². The van der Waals surface area contributed by atoms with Gasteiger partial charge >= 0.3 is 0 Å². The molecule has 1 heterocycles. The van der Waals surface area contributed by atoms with Crippen molar-refractivity contribution in [1.29, 1.82) is 0 Å². The van der Waals surface area contributed by atoms with Gasteiger partial charge in [-0.25, -0.2) is 0 Å². The first-order chi connectivity index (χ1) is 10.1. The number of halogens is 1. The second-order valence-electron chi connectivity index (χ2n) is 4.40. The summed E-state index contributed by atoms with van der Waals surface area (Å²) >= 11 is 4.99. The van der Waals surface area contributed by atoms with E-state index in [1.54, 1.807) is 29.4 Å². The Balaban J connectivity index is 1.76. The maximum atomic E-state index is 11.9. The van der Waals surface area contributed by atoms with Crippen LogP contribution >= 0.6 is 27.3 Å². The Morgan fingerprint density at radius 2 is 2.05 bits per heavy atom.